The maximum absolute atomic E-state index is 11.9. The van der Waals surface area contributed by atoms with Gasteiger partial charge in [0.2, 0.25) is 0 Å². The number of nitrogens with zero attached hydrogens (tertiary/aromatic N) is 2. The summed E-state index contributed by atoms with van der Waals surface area (Å²) < 4.78 is 6.60. The molecule has 1 aromatic carbocycles. The molecule has 1 aromatic rings. The van der Waals surface area contributed by atoms with Crippen molar-refractivity contribution in [3.8, 4) is 0 Å². The van der Waals surface area contributed by atoms with Gasteiger partial charge in [-0.15, -0.1) is 0 Å². The van der Waals surface area contributed by atoms with Crippen molar-refractivity contribution in [1.82, 2.24) is 9.80 Å². The van der Waals surface area contributed by atoms with Crippen LogP contribution in [-0.2, 0) is 11.2 Å². The molecule has 154 valence electrons. The van der Waals surface area contributed by atoms with Crippen LogP contribution in [0.3, 0.4) is 0 Å². The summed E-state index contributed by atoms with van der Waals surface area (Å²) >= 11 is 9.82. The van der Waals surface area contributed by atoms with Crippen molar-refractivity contribution < 1.29 is 9.53 Å². The van der Waals surface area contributed by atoms with Gasteiger partial charge in [0, 0.05) is 28.5 Å². The zero-order valence-electron chi connectivity index (χ0n) is 16.4. The molecule has 0 aromatic heterocycles. The van der Waals surface area contributed by atoms with Gasteiger partial charge >= 0.3 is 6.09 Å². The van der Waals surface area contributed by atoms with Crippen LogP contribution >= 0.6 is 27.5 Å². The van der Waals surface area contributed by atoms with Gasteiger partial charge < -0.3 is 14.5 Å². The summed E-state index contributed by atoms with van der Waals surface area (Å²) in [7, 11) is 0. The van der Waals surface area contributed by atoms with Gasteiger partial charge in [0.15, 0.2) is 0 Å². The monoisotopic (exact) mass is 468 g/mol. The van der Waals surface area contributed by atoms with Crippen molar-refractivity contribution >= 4 is 33.6 Å². The summed E-state index contributed by atoms with van der Waals surface area (Å²) in [6.45, 7) is 5.84. The molecule has 0 N–H and O–H groups in total. The van der Waals surface area contributed by atoms with Crippen LogP contribution in [0.1, 0.15) is 37.7 Å². The van der Waals surface area contributed by atoms with Crippen molar-refractivity contribution in [1.29, 1.82) is 0 Å². The molecule has 3 aliphatic rings. The number of ether oxygens (including phenoxy) is 1. The smallest absolute Gasteiger partial charge is 0.409 e. The summed E-state index contributed by atoms with van der Waals surface area (Å²) in [6.07, 6.45) is 7.15. The van der Waals surface area contributed by atoms with Gasteiger partial charge in [-0.1, -0.05) is 27.5 Å². The Morgan fingerprint density at radius 3 is 2.64 bits per heavy atom. The summed E-state index contributed by atoms with van der Waals surface area (Å²) in [5.41, 5.74) is 1.32. The first-order valence-electron chi connectivity index (χ1n) is 10.6. The number of amides is 1. The van der Waals surface area contributed by atoms with Crippen molar-refractivity contribution in [3.63, 3.8) is 0 Å². The van der Waals surface area contributed by atoms with Crippen LogP contribution in [0.25, 0.3) is 0 Å². The molecule has 4 nitrogen and oxygen atoms in total. The van der Waals surface area contributed by atoms with Crippen molar-refractivity contribution in [2.24, 2.45) is 17.8 Å². The lowest BCUT2D eigenvalue weighted by atomic mass is 9.90. The fraction of sp³-hybridized carbons (Fsp3) is 0.682. The molecule has 2 aliphatic heterocycles. The highest BCUT2D eigenvalue weighted by atomic mass is 79.9. The lowest BCUT2D eigenvalue weighted by Crippen LogP contribution is -2.45. The number of hydrogen-bond acceptors (Lipinski definition) is 3. The average Bonchev–Trinajstić information content (AvgIpc) is 3.50. The molecule has 3 fully saturated rings. The highest BCUT2D eigenvalue weighted by molar-refractivity contribution is 9.10. The Labute approximate surface area is 181 Å². The van der Waals surface area contributed by atoms with E-state index in [2.05, 4.69) is 33.0 Å². The van der Waals surface area contributed by atoms with E-state index >= 15 is 0 Å². The lowest BCUT2D eigenvalue weighted by molar-refractivity contribution is 0.0346. The van der Waals surface area contributed by atoms with Gasteiger partial charge in [-0.2, -0.15) is 0 Å². The van der Waals surface area contributed by atoms with E-state index in [-0.39, 0.29) is 6.09 Å². The summed E-state index contributed by atoms with van der Waals surface area (Å²) in [4.78, 5) is 16.5. The zero-order chi connectivity index (χ0) is 19.5. The minimum atomic E-state index is -0.101. The number of cyclic esters (lactones) is 1. The third-order valence-electron chi connectivity index (χ3n) is 6.43. The third kappa shape index (κ3) is 5.64. The second-order valence-electron chi connectivity index (χ2n) is 8.80. The van der Waals surface area contributed by atoms with Gasteiger partial charge in [-0.25, -0.2) is 4.79 Å². The fourth-order valence-electron chi connectivity index (χ4n) is 4.45. The van der Waals surface area contributed by atoms with Crippen molar-refractivity contribution in [2.45, 2.75) is 38.5 Å². The standard InChI is InChI=1S/C22H30BrClN2O2/c23-21-4-3-20(24)12-19(21)11-16-5-8-25(9-6-16)10-7-18-14-26(13-17-1-2-17)22(27)28-15-18/h3-4,12,16-18H,1-2,5-11,13-15H2. The first-order valence-corrected chi connectivity index (χ1v) is 11.8. The number of carbonyl (C=O) groups excluding carboxylic acids is 1. The number of hydrogen-bond donors (Lipinski definition) is 0. The molecule has 1 amide bonds. The maximum atomic E-state index is 11.9. The molecule has 0 spiro atoms. The molecular weight excluding hydrogens is 440 g/mol. The van der Waals surface area contributed by atoms with Crippen LogP contribution in [0.5, 0.6) is 0 Å². The maximum Gasteiger partial charge on any atom is 0.409 e. The van der Waals surface area contributed by atoms with E-state index in [0.29, 0.717) is 12.5 Å². The average molecular weight is 470 g/mol. The highest BCUT2D eigenvalue weighted by Gasteiger charge is 2.32. The molecule has 6 heteroatoms. The lowest BCUT2D eigenvalue weighted by Gasteiger charge is -2.35. The number of rotatable bonds is 7. The first-order chi connectivity index (χ1) is 13.6. The molecule has 0 radical (unpaired) electrons. The van der Waals surface area contributed by atoms with E-state index in [4.69, 9.17) is 16.3 Å². The van der Waals surface area contributed by atoms with Crippen LogP contribution < -0.4 is 0 Å². The molecule has 1 unspecified atom stereocenters. The third-order valence-corrected chi connectivity index (χ3v) is 7.44. The predicted octanol–water partition coefficient (Wildman–Crippen LogP) is 5.23. The molecule has 1 atom stereocenters. The Morgan fingerprint density at radius 2 is 1.89 bits per heavy atom. The van der Waals surface area contributed by atoms with Crippen molar-refractivity contribution in [2.75, 3.05) is 39.3 Å². The normalized spacial score (nSPS) is 24.4. The minimum Gasteiger partial charge on any atom is -0.449 e. The quantitative estimate of drug-likeness (QED) is 0.548. The number of likely N-dealkylation sites (tertiary alicyclic amines) is 1. The summed E-state index contributed by atoms with van der Waals surface area (Å²) in [5, 5.41) is 0.819. The van der Waals surface area contributed by atoms with Crippen LogP contribution in [0.4, 0.5) is 4.79 Å². The minimum absolute atomic E-state index is 0.101. The van der Waals surface area contributed by atoms with Crippen LogP contribution in [0, 0.1) is 17.8 Å². The van der Waals surface area contributed by atoms with E-state index in [1.54, 1.807) is 0 Å². The largest absolute Gasteiger partial charge is 0.449 e. The number of halogens is 2. The van der Waals surface area contributed by atoms with Gasteiger partial charge in [0.05, 0.1) is 6.61 Å². The molecule has 2 saturated heterocycles. The second-order valence-corrected chi connectivity index (χ2v) is 10.1. The van der Waals surface area contributed by atoms with Gasteiger partial charge in [-0.05, 0) is 93.8 Å². The van der Waals surface area contributed by atoms with Gasteiger partial charge in [0.1, 0.15) is 0 Å². The zero-order valence-corrected chi connectivity index (χ0v) is 18.8. The number of carbonyl (C=O) groups is 1. The van der Waals surface area contributed by atoms with Gasteiger partial charge in [0.25, 0.3) is 0 Å². The van der Waals surface area contributed by atoms with E-state index < -0.39 is 0 Å². The Bertz CT molecular complexity index is 689. The van der Waals surface area contributed by atoms with Crippen LogP contribution in [0.2, 0.25) is 5.02 Å². The van der Waals surface area contributed by atoms with Crippen LogP contribution in [0.15, 0.2) is 22.7 Å². The Hall–Kier alpha value is -0.780. The molecule has 4 rings (SSSR count). The fourth-order valence-corrected chi connectivity index (χ4v) is 5.05. The number of piperidine rings is 1. The van der Waals surface area contributed by atoms with Gasteiger partial charge in [-0.3, -0.25) is 0 Å². The molecule has 28 heavy (non-hydrogen) atoms. The Balaban J connectivity index is 1.18. The topological polar surface area (TPSA) is 32.8 Å². The predicted molar refractivity (Wildman–Crippen MR) is 116 cm³/mol. The molecule has 0 bridgehead atoms. The Morgan fingerprint density at radius 1 is 1.11 bits per heavy atom. The summed E-state index contributed by atoms with van der Waals surface area (Å²) in [6, 6.07) is 6.08. The molecular formula is C22H30BrClN2O2. The first kappa shape index (κ1) is 20.5. The van der Waals surface area contributed by atoms with Crippen molar-refractivity contribution in [3.05, 3.63) is 33.3 Å². The van der Waals surface area contributed by atoms with E-state index in [0.717, 1.165) is 49.3 Å². The van der Waals surface area contributed by atoms with E-state index in [9.17, 15) is 4.79 Å². The SMILES string of the molecule is O=C1OCC(CCN2CCC(Cc3cc(Cl)ccc3Br)CC2)CN1CC1CC1. The second kappa shape index (κ2) is 9.36. The van der Waals surface area contributed by atoms with E-state index in [1.807, 2.05) is 11.0 Å². The van der Waals surface area contributed by atoms with E-state index in [1.165, 1.54) is 48.8 Å². The van der Waals surface area contributed by atoms with Crippen LogP contribution in [-0.4, -0.2) is 55.2 Å². The number of benzene rings is 1. The summed E-state index contributed by atoms with van der Waals surface area (Å²) in [5.74, 6) is 1.94. The molecule has 2 heterocycles. The highest BCUT2D eigenvalue weighted by Crippen LogP contribution is 2.31. The molecule has 1 saturated carbocycles. The molecule has 1 aliphatic carbocycles. The Kier molecular flexibility index (Phi) is 6.85.